The molecular weight excluding hydrogens is 419 g/mol. The molecule has 1 aromatic carbocycles. The molecule has 1 aromatic heterocycles. The van der Waals surface area contributed by atoms with Crippen LogP contribution in [0, 0.1) is 3.57 Å². The van der Waals surface area contributed by atoms with Gasteiger partial charge in [0.05, 0.1) is 5.56 Å². The average molecular weight is 431 g/mol. The zero-order chi connectivity index (χ0) is 13.8. The highest BCUT2D eigenvalue weighted by Crippen LogP contribution is 2.22. The number of hydrogen-bond acceptors (Lipinski definition) is 2. The van der Waals surface area contributed by atoms with Gasteiger partial charge in [-0.15, -0.1) is 0 Å². The third-order valence-electron chi connectivity index (χ3n) is 2.69. The number of amides is 1. The van der Waals surface area contributed by atoms with E-state index in [1.807, 2.05) is 37.3 Å². The van der Waals surface area contributed by atoms with Crippen LogP contribution in [0.5, 0.6) is 0 Å². The Morgan fingerprint density at radius 1 is 1.32 bits per heavy atom. The van der Waals surface area contributed by atoms with Crippen molar-refractivity contribution in [3.05, 3.63) is 56.3 Å². The highest BCUT2D eigenvalue weighted by Gasteiger charge is 2.18. The third kappa shape index (κ3) is 3.33. The maximum atomic E-state index is 12.6. The fourth-order valence-corrected chi connectivity index (χ4v) is 2.70. The summed E-state index contributed by atoms with van der Waals surface area (Å²) in [7, 11) is 0. The van der Waals surface area contributed by atoms with Gasteiger partial charge in [0.25, 0.3) is 5.91 Å². The Morgan fingerprint density at radius 3 is 2.63 bits per heavy atom. The number of benzene rings is 1. The second-order valence-electron chi connectivity index (χ2n) is 3.88. The lowest BCUT2D eigenvalue weighted by atomic mass is 10.2. The van der Waals surface area contributed by atoms with Gasteiger partial charge in [-0.3, -0.25) is 9.78 Å². The van der Waals surface area contributed by atoms with Crippen LogP contribution in [0.1, 0.15) is 17.3 Å². The number of rotatable bonds is 3. The molecule has 98 valence electrons. The largest absolute Gasteiger partial charge is 0.309 e. The molecule has 5 heteroatoms. The van der Waals surface area contributed by atoms with Gasteiger partial charge in [-0.05, 0) is 59.8 Å². The van der Waals surface area contributed by atoms with Crippen LogP contribution in [-0.2, 0) is 0 Å². The number of anilines is 1. The maximum absolute atomic E-state index is 12.6. The summed E-state index contributed by atoms with van der Waals surface area (Å²) in [5.74, 6) is -0.000556. The van der Waals surface area contributed by atoms with Crippen LogP contribution >= 0.6 is 38.5 Å². The SMILES string of the molecule is CCN(C(=O)c1cc(Br)ccc1I)c1ccncc1. The topological polar surface area (TPSA) is 33.2 Å². The minimum absolute atomic E-state index is 0.000556. The summed E-state index contributed by atoms with van der Waals surface area (Å²) in [6, 6.07) is 9.39. The Hall–Kier alpha value is -0.950. The Bertz CT molecular complexity index is 589. The zero-order valence-corrected chi connectivity index (χ0v) is 14.1. The molecule has 19 heavy (non-hydrogen) atoms. The smallest absolute Gasteiger partial charge is 0.259 e. The summed E-state index contributed by atoms with van der Waals surface area (Å²) in [5, 5.41) is 0. The van der Waals surface area contributed by atoms with Crippen LogP contribution in [0.2, 0.25) is 0 Å². The molecule has 0 aliphatic heterocycles. The number of carbonyl (C=O) groups is 1. The monoisotopic (exact) mass is 430 g/mol. The van der Waals surface area contributed by atoms with Gasteiger partial charge in [-0.2, -0.15) is 0 Å². The first-order valence-corrected chi connectivity index (χ1v) is 7.67. The van der Waals surface area contributed by atoms with E-state index in [0.717, 1.165) is 13.7 Å². The summed E-state index contributed by atoms with van der Waals surface area (Å²) < 4.78 is 1.85. The van der Waals surface area contributed by atoms with Gasteiger partial charge < -0.3 is 4.90 Å². The van der Waals surface area contributed by atoms with Crippen molar-refractivity contribution in [2.45, 2.75) is 6.92 Å². The van der Waals surface area contributed by atoms with Crippen LogP contribution in [0.3, 0.4) is 0 Å². The Kier molecular flexibility index (Phi) is 4.93. The number of hydrogen-bond donors (Lipinski definition) is 0. The molecule has 0 saturated carbocycles. The number of aromatic nitrogens is 1. The third-order valence-corrected chi connectivity index (χ3v) is 4.13. The molecule has 0 radical (unpaired) electrons. The van der Waals surface area contributed by atoms with Gasteiger partial charge >= 0.3 is 0 Å². The van der Waals surface area contributed by atoms with Crippen molar-refractivity contribution in [3.63, 3.8) is 0 Å². The van der Waals surface area contributed by atoms with E-state index < -0.39 is 0 Å². The van der Waals surface area contributed by atoms with Crippen molar-refractivity contribution < 1.29 is 4.79 Å². The predicted octanol–water partition coefficient (Wildman–Crippen LogP) is 4.12. The summed E-state index contributed by atoms with van der Waals surface area (Å²) in [5.41, 5.74) is 1.56. The normalized spacial score (nSPS) is 10.3. The van der Waals surface area contributed by atoms with Gasteiger partial charge in [0.2, 0.25) is 0 Å². The van der Waals surface area contributed by atoms with Crippen LogP contribution in [0.15, 0.2) is 47.2 Å². The van der Waals surface area contributed by atoms with Gasteiger partial charge in [-0.25, -0.2) is 0 Å². The summed E-state index contributed by atoms with van der Waals surface area (Å²) in [6.45, 7) is 2.58. The molecular formula is C14H12BrIN2O. The first-order chi connectivity index (χ1) is 9.13. The molecule has 0 bridgehead atoms. The standard InChI is InChI=1S/C14H12BrIN2O/c1-2-18(11-5-7-17-8-6-11)14(19)12-9-10(15)3-4-13(12)16/h3-9H,2H2,1H3. The van der Waals surface area contributed by atoms with Crippen molar-refractivity contribution >= 4 is 50.1 Å². The minimum atomic E-state index is -0.000556. The zero-order valence-electron chi connectivity index (χ0n) is 10.3. The van der Waals surface area contributed by atoms with E-state index in [0.29, 0.717) is 12.1 Å². The summed E-state index contributed by atoms with van der Waals surface area (Å²) >= 11 is 5.59. The molecule has 0 unspecified atom stereocenters. The lowest BCUT2D eigenvalue weighted by Gasteiger charge is -2.21. The Balaban J connectivity index is 2.39. The van der Waals surface area contributed by atoms with E-state index in [-0.39, 0.29) is 5.91 Å². The predicted molar refractivity (Wildman–Crippen MR) is 88.4 cm³/mol. The molecule has 0 saturated heterocycles. The van der Waals surface area contributed by atoms with Crippen molar-refractivity contribution in [2.24, 2.45) is 0 Å². The maximum Gasteiger partial charge on any atom is 0.259 e. The summed E-state index contributed by atoms with van der Waals surface area (Å²) in [4.78, 5) is 18.3. The van der Waals surface area contributed by atoms with E-state index in [4.69, 9.17) is 0 Å². The average Bonchev–Trinajstić information content (AvgIpc) is 2.43. The number of carbonyl (C=O) groups excluding carboxylic acids is 1. The van der Waals surface area contributed by atoms with Crippen molar-refractivity contribution in [3.8, 4) is 0 Å². The Morgan fingerprint density at radius 2 is 2.00 bits per heavy atom. The lowest BCUT2D eigenvalue weighted by Crippen LogP contribution is -2.31. The fraction of sp³-hybridized carbons (Fsp3) is 0.143. The van der Waals surface area contributed by atoms with E-state index in [9.17, 15) is 4.79 Å². The first kappa shape index (κ1) is 14.5. The van der Waals surface area contributed by atoms with Crippen molar-refractivity contribution in [1.29, 1.82) is 0 Å². The molecule has 0 spiro atoms. The second-order valence-corrected chi connectivity index (χ2v) is 5.96. The van der Waals surface area contributed by atoms with Crippen LogP contribution in [0.25, 0.3) is 0 Å². The van der Waals surface area contributed by atoms with Gasteiger partial charge in [0.1, 0.15) is 0 Å². The van der Waals surface area contributed by atoms with Gasteiger partial charge in [-0.1, -0.05) is 15.9 Å². The fourth-order valence-electron chi connectivity index (χ4n) is 1.77. The molecule has 3 nitrogen and oxygen atoms in total. The molecule has 1 heterocycles. The molecule has 0 fully saturated rings. The van der Waals surface area contributed by atoms with Crippen molar-refractivity contribution in [1.82, 2.24) is 4.98 Å². The van der Waals surface area contributed by atoms with E-state index in [1.54, 1.807) is 17.3 Å². The number of halogens is 2. The van der Waals surface area contributed by atoms with E-state index in [2.05, 4.69) is 43.5 Å². The molecule has 0 N–H and O–H groups in total. The van der Waals surface area contributed by atoms with Crippen LogP contribution < -0.4 is 4.90 Å². The highest BCUT2D eigenvalue weighted by atomic mass is 127. The van der Waals surface area contributed by atoms with Crippen LogP contribution in [0.4, 0.5) is 5.69 Å². The number of nitrogens with zero attached hydrogens (tertiary/aromatic N) is 2. The van der Waals surface area contributed by atoms with Crippen molar-refractivity contribution in [2.75, 3.05) is 11.4 Å². The molecule has 2 aromatic rings. The van der Waals surface area contributed by atoms with E-state index >= 15 is 0 Å². The van der Waals surface area contributed by atoms with Gasteiger partial charge in [0.15, 0.2) is 0 Å². The quantitative estimate of drug-likeness (QED) is 0.686. The molecule has 0 aliphatic carbocycles. The minimum Gasteiger partial charge on any atom is -0.309 e. The van der Waals surface area contributed by atoms with Gasteiger partial charge in [0, 0.05) is 32.7 Å². The highest BCUT2D eigenvalue weighted by molar-refractivity contribution is 14.1. The summed E-state index contributed by atoms with van der Waals surface area (Å²) in [6.07, 6.45) is 3.38. The Labute approximate surface area is 134 Å². The number of pyridine rings is 1. The second kappa shape index (κ2) is 6.47. The molecule has 1 amide bonds. The molecule has 2 rings (SSSR count). The lowest BCUT2D eigenvalue weighted by molar-refractivity contribution is 0.0987. The van der Waals surface area contributed by atoms with Crippen LogP contribution in [-0.4, -0.2) is 17.4 Å². The molecule has 0 atom stereocenters. The first-order valence-electron chi connectivity index (χ1n) is 5.80. The molecule has 0 aliphatic rings. The van der Waals surface area contributed by atoms with E-state index in [1.165, 1.54) is 0 Å².